The summed E-state index contributed by atoms with van der Waals surface area (Å²) in [6.07, 6.45) is 2.96. The molecule has 0 fully saturated rings. The average molecular weight is 434 g/mol. The first-order chi connectivity index (χ1) is 15.2. The lowest BCUT2D eigenvalue weighted by atomic mass is 9.81. The van der Waals surface area contributed by atoms with E-state index in [9.17, 15) is 4.39 Å². The Balaban J connectivity index is 1.64. The lowest BCUT2D eigenvalue weighted by Crippen LogP contribution is -2.31. The summed E-state index contributed by atoms with van der Waals surface area (Å²) in [5.74, 6) is 1.07. The Morgan fingerprint density at radius 2 is 2.00 bits per heavy atom. The molecule has 4 heterocycles. The Bertz CT molecular complexity index is 1240. The summed E-state index contributed by atoms with van der Waals surface area (Å²) in [6, 6.07) is 10.8. The smallest absolute Gasteiger partial charge is 0.283 e. The van der Waals surface area contributed by atoms with Crippen molar-refractivity contribution in [2.45, 2.75) is 26.3 Å². The van der Waals surface area contributed by atoms with Crippen LogP contribution in [0.1, 0.15) is 31.9 Å². The van der Waals surface area contributed by atoms with Crippen molar-refractivity contribution in [1.82, 2.24) is 9.97 Å². The van der Waals surface area contributed by atoms with E-state index in [-0.39, 0.29) is 18.0 Å². The fourth-order valence-electron chi connectivity index (χ4n) is 3.85. The molecular weight excluding hydrogens is 411 g/mol. The predicted octanol–water partition coefficient (Wildman–Crippen LogP) is 4.40. The topological polar surface area (TPSA) is 91.9 Å². The van der Waals surface area contributed by atoms with Gasteiger partial charge in [0.05, 0.1) is 12.2 Å². The van der Waals surface area contributed by atoms with Gasteiger partial charge in [-0.3, -0.25) is 0 Å². The van der Waals surface area contributed by atoms with E-state index < -0.39 is 11.5 Å². The number of nitrogens with two attached hydrogens (primary N) is 1. The maximum atomic E-state index is 14.4. The highest BCUT2D eigenvalue weighted by molar-refractivity contribution is 5.77. The van der Waals surface area contributed by atoms with Crippen LogP contribution in [-0.4, -0.2) is 29.2 Å². The third kappa shape index (κ3) is 3.41. The molecule has 1 aromatic carbocycles. The van der Waals surface area contributed by atoms with Crippen LogP contribution in [0, 0.1) is 11.4 Å². The van der Waals surface area contributed by atoms with Gasteiger partial charge in [0.25, 0.3) is 6.02 Å². The first-order valence-corrected chi connectivity index (χ1v) is 10.3. The fraction of sp³-hybridized carbons (Fsp3) is 0.292. The molecule has 2 aliphatic heterocycles. The van der Waals surface area contributed by atoms with Crippen LogP contribution in [0.4, 0.5) is 4.39 Å². The van der Waals surface area contributed by atoms with Crippen LogP contribution in [0.15, 0.2) is 53.8 Å². The number of halogens is 1. The number of nitrogens with zero attached hydrogens (tertiary/aromatic N) is 3. The number of rotatable bonds is 3. The molecule has 0 radical (unpaired) electrons. The largest absolute Gasteiger partial charge is 0.493 e. The molecule has 2 aromatic heterocycles. The number of aliphatic imine (C=N–C) groups is 1. The predicted molar refractivity (Wildman–Crippen MR) is 117 cm³/mol. The molecule has 0 unspecified atom stereocenters. The SMILES string of the molecule is CC(C)(C)COc1ccc2c(c1)[C@]1(COC(N)=N1)c1cc(-c3cccnc3F)cnc1O2. The zero-order chi connectivity index (χ0) is 22.5. The molecule has 2 aliphatic rings. The van der Waals surface area contributed by atoms with E-state index in [1.807, 2.05) is 18.2 Å². The van der Waals surface area contributed by atoms with Crippen LogP contribution < -0.4 is 15.2 Å². The molecule has 1 spiro atoms. The first kappa shape index (κ1) is 20.2. The molecule has 0 bridgehead atoms. The van der Waals surface area contributed by atoms with Crippen molar-refractivity contribution in [2.24, 2.45) is 16.1 Å². The summed E-state index contributed by atoms with van der Waals surface area (Å²) in [5.41, 5.74) is 7.26. The standard InChI is InChI=1S/C24H23FN4O3/c1-23(2,3)12-30-15-6-7-19-17(10-15)24(13-31-22(26)29-24)18-9-14(11-28-21(18)32-19)16-5-4-8-27-20(16)25/h4-11H,12-13H2,1-3H3,(H2,26,29)/t24-/m1/s1. The Morgan fingerprint density at radius 1 is 1.16 bits per heavy atom. The number of hydrogen-bond donors (Lipinski definition) is 1. The molecule has 1 atom stereocenters. The normalized spacial score (nSPS) is 18.9. The molecule has 32 heavy (non-hydrogen) atoms. The number of benzene rings is 1. The van der Waals surface area contributed by atoms with Crippen LogP contribution in [0.2, 0.25) is 0 Å². The highest BCUT2D eigenvalue weighted by Crippen LogP contribution is 2.51. The maximum absolute atomic E-state index is 14.4. The summed E-state index contributed by atoms with van der Waals surface area (Å²) >= 11 is 0. The number of aromatic nitrogens is 2. The highest BCUT2D eigenvalue weighted by Gasteiger charge is 2.48. The van der Waals surface area contributed by atoms with E-state index in [4.69, 9.17) is 19.9 Å². The van der Waals surface area contributed by atoms with E-state index in [0.717, 1.165) is 5.56 Å². The first-order valence-electron chi connectivity index (χ1n) is 10.3. The van der Waals surface area contributed by atoms with Gasteiger partial charge in [-0.05, 0) is 41.8 Å². The molecule has 8 heteroatoms. The van der Waals surface area contributed by atoms with Gasteiger partial charge in [-0.25, -0.2) is 15.0 Å². The maximum Gasteiger partial charge on any atom is 0.283 e. The summed E-state index contributed by atoms with van der Waals surface area (Å²) in [4.78, 5) is 12.9. The minimum atomic E-state index is -0.976. The fourth-order valence-corrected chi connectivity index (χ4v) is 3.85. The Hall–Kier alpha value is -3.68. The van der Waals surface area contributed by atoms with Gasteiger partial charge >= 0.3 is 0 Å². The van der Waals surface area contributed by atoms with Gasteiger partial charge in [-0.15, -0.1) is 0 Å². The number of pyridine rings is 2. The van der Waals surface area contributed by atoms with Gasteiger partial charge in [0, 0.05) is 29.1 Å². The van der Waals surface area contributed by atoms with Crippen molar-refractivity contribution in [3.05, 3.63) is 65.9 Å². The molecule has 0 amide bonds. The summed E-state index contributed by atoms with van der Waals surface area (Å²) < 4.78 is 32.0. The van der Waals surface area contributed by atoms with E-state index in [1.54, 1.807) is 24.4 Å². The van der Waals surface area contributed by atoms with Crippen LogP contribution in [0.25, 0.3) is 11.1 Å². The lowest BCUT2D eigenvalue weighted by Gasteiger charge is -2.33. The molecular formula is C24H23FN4O3. The number of amidine groups is 1. The molecule has 164 valence electrons. The molecule has 3 aromatic rings. The van der Waals surface area contributed by atoms with Crippen molar-refractivity contribution < 1.29 is 18.6 Å². The molecule has 0 saturated carbocycles. The van der Waals surface area contributed by atoms with E-state index >= 15 is 0 Å². The molecule has 5 rings (SSSR count). The summed E-state index contributed by atoms with van der Waals surface area (Å²) in [7, 11) is 0. The second kappa shape index (κ2) is 7.19. The van der Waals surface area contributed by atoms with Crippen molar-refractivity contribution in [1.29, 1.82) is 0 Å². The van der Waals surface area contributed by atoms with Gasteiger partial charge in [-0.1, -0.05) is 20.8 Å². The quantitative estimate of drug-likeness (QED) is 0.615. The van der Waals surface area contributed by atoms with Gasteiger partial charge in [0.2, 0.25) is 11.8 Å². The van der Waals surface area contributed by atoms with Crippen LogP contribution >= 0.6 is 0 Å². The van der Waals surface area contributed by atoms with Crippen LogP contribution in [0.3, 0.4) is 0 Å². The Labute approximate surface area is 185 Å². The average Bonchev–Trinajstić information content (AvgIpc) is 3.15. The van der Waals surface area contributed by atoms with E-state index in [1.165, 1.54) is 6.20 Å². The zero-order valence-electron chi connectivity index (χ0n) is 18.1. The number of ether oxygens (including phenoxy) is 3. The van der Waals surface area contributed by atoms with Crippen molar-refractivity contribution in [3.8, 4) is 28.5 Å². The zero-order valence-corrected chi connectivity index (χ0v) is 18.1. The second-order valence-corrected chi connectivity index (χ2v) is 9.13. The van der Waals surface area contributed by atoms with Gasteiger partial charge in [0.15, 0.2) is 5.54 Å². The third-order valence-corrected chi connectivity index (χ3v) is 5.37. The third-order valence-electron chi connectivity index (χ3n) is 5.37. The number of hydrogen-bond acceptors (Lipinski definition) is 7. The Kier molecular flexibility index (Phi) is 4.54. The molecule has 2 N–H and O–H groups in total. The Morgan fingerprint density at radius 3 is 2.72 bits per heavy atom. The lowest BCUT2D eigenvalue weighted by molar-refractivity contribution is 0.197. The van der Waals surface area contributed by atoms with Gasteiger partial charge < -0.3 is 19.9 Å². The van der Waals surface area contributed by atoms with Gasteiger partial charge in [-0.2, -0.15) is 4.39 Å². The number of fused-ring (bicyclic) bond motifs is 4. The summed E-state index contributed by atoms with van der Waals surface area (Å²) in [6.45, 7) is 7.03. The minimum Gasteiger partial charge on any atom is -0.493 e. The monoisotopic (exact) mass is 434 g/mol. The van der Waals surface area contributed by atoms with Crippen molar-refractivity contribution in [2.75, 3.05) is 13.2 Å². The second-order valence-electron chi connectivity index (χ2n) is 9.13. The van der Waals surface area contributed by atoms with Crippen LogP contribution in [-0.2, 0) is 10.3 Å². The van der Waals surface area contributed by atoms with E-state index in [0.29, 0.717) is 40.7 Å². The van der Waals surface area contributed by atoms with E-state index in [2.05, 4.69) is 35.7 Å². The summed E-state index contributed by atoms with van der Waals surface area (Å²) in [5, 5.41) is 0. The highest BCUT2D eigenvalue weighted by atomic mass is 19.1. The minimum absolute atomic E-state index is 0.00234. The molecule has 0 saturated heterocycles. The van der Waals surface area contributed by atoms with Crippen molar-refractivity contribution >= 4 is 6.02 Å². The molecule has 7 nitrogen and oxygen atoms in total. The van der Waals surface area contributed by atoms with Gasteiger partial charge in [0.1, 0.15) is 18.1 Å². The molecule has 0 aliphatic carbocycles. The van der Waals surface area contributed by atoms with Crippen molar-refractivity contribution in [3.63, 3.8) is 0 Å². The van der Waals surface area contributed by atoms with Crippen LogP contribution in [0.5, 0.6) is 17.4 Å².